The van der Waals surface area contributed by atoms with E-state index in [1.807, 2.05) is 4.90 Å². The molecular weight excluding hydrogens is 268 g/mol. The summed E-state index contributed by atoms with van der Waals surface area (Å²) in [6, 6.07) is 0. The van der Waals surface area contributed by atoms with Gasteiger partial charge in [0.15, 0.2) is 0 Å². The van der Waals surface area contributed by atoms with Crippen LogP contribution in [0.3, 0.4) is 0 Å². The minimum atomic E-state index is -0.368. The second kappa shape index (κ2) is 7.81. The number of allylic oxidation sites excluding steroid dienone is 1. The van der Waals surface area contributed by atoms with E-state index in [4.69, 9.17) is 0 Å². The molecule has 1 aromatic heterocycles. The van der Waals surface area contributed by atoms with Crippen molar-refractivity contribution < 1.29 is 4.79 Å². The third-order valence-corrected chi connectivity index (χ3v) is 3.80. The van der Waals surface area contributed by atoms with Crippen LogP contribution in [0.25, 0.3) is 0 Å². The second-order valence-electron chi connectivity index (χ2n) is 5.54. The normalized spacial score (nSPS) is 14.8. The summed E-state index contributed by atoms with van der Waals surface area (Å²) in [4.78, 5) is 27.7. The molecule has 0 atom stereocenters. The third-order valence-electron chi connectivity index (χ3n) is 3.80. The summed E-state index contributed by atoms with van der Waals surface area (Å²) in [6.07, 6.45) is 9.26. The number of amides is 1. The van der Waals surface area contributed by atoms with Gasteiger partial charge in [-0.3, -0.25) is 9.78 Å². The quantitative estimate of drug-likeness (QED) is 0.751. The molecule has 6 heteroatoms. The van der Waals surface area contributed by atoms with Gasteiger partial charge in [-0.05, 0) is 38.5 Å². The molecule has 0 aromatic carbocycles. The molecule has 0 saturated heterocycles. The Morgan fingerprint density at radius 1 is 1.38 bits per heavy atom. The SMILES string of the molecule is CCCN(CCC1=CCCCC1)C(=O)Cc1n[nH]c(=O)[nH]1. The number of hydrogen-bond donors (Lipinski definition) is 2. The molecule has 0 bridgehead atoms. The van der Waals surface area contributed by atoms with Crippen LogP contribution in [0, 0.1) is 0 Å². The smallest absolute Gasteiger partial charge is 0.340 e. The van der Waals surface area contributed by atoms with Crippen LogP contribution in [-0.4, -0.2) is 39.1 Å². The molecular formula is C15H24N4O2. The van der Waals surface area contributed by atoms with Gasteiger partial charge in [-0.2, -0.15) is 5.10 Å². The van der Waals surface area contributed by atoms with Gasteiger partial charge in [0, 0.05) is 13.1 Å². The van der Waals surface area contributed by atoms with Crippen molar-refractivity contribution in [1.29, 1.82) is 0 Å². The highest BCUT2D eigenvalue weighted by molar-refractivity contribution is 5.77. The Hall–Kier alpha value is -1.85. The fraction of sp³-hybridized carbons (Fsp3) is 0.667. The van der Waals surface area contributed by atoms with Crippen LogP contribution in [0.4, 0.5) is 0 Å². The zero-order chi connectivity index (χ0) is 15.1. The number of aromatic amines is 2. The Morgan fingerprint density at radius 3 is 2.86 bits per heavy atom. The Bertz CT molecular complexity index is 544. The van der Waals surface area contributed by atoms with Gasteiger partial charge < -0.3 is 4.90 Å². The first-order chi connectivity index (χ1) is 10.2. The van der Waals surface area contributed by atoms with Crippen LogP contribution < -0.4 is 5.69 Å². The van der Waals surface area contributed by atoms with E-state index in [0.717, 1.165) is 25.9 Å². The van der Waals surface area contributed by atoms with Crippen molar-refractivity contribution in [3.05, 3.63) is 28.0 Å². The fourth-order valence-electron chi connectivity index (χ4n) is 2.69. The minimum Gasteiger partial charge on any atom is -0.342 e. The number of carbonyl (C=O) groups excluding carboxylic acids is 1. The van der Waals surface area contributed by atoms with Crippen LogP contribution in [0.2, 0.25) is 0 Å². The number of nitrogens with one attached hydrogen (secondary N) is 2. The molecule has 0 saturated carbocycles. The summed E-state index contributed by atoms with van der Waals surface area (Å²) in [5, 5.41) is 6.08. The van der Waals surface area contributed by atoms with Crippen molar-refractivity contribution in [3.63, 3.8) is 0 Å². The van der Waals surface area contributed by atoms with E-state index in [1.165, 1.54) is 31.3 Å². The van der Waals surface area contributed by atoms with Crippen molar-refractivity contribution in [2.75, 3.05) is 13.1 Å². The molecule has 21 heavy (non-hydrogen) atoms. The first kappa shape index (κ1) is 15.5. The summed E-state index contributed by atoms with van der Waals surface area (Å²) in [6.45, 7) is 3.57. The molecule has 1 aromatic rings. The molecule has 0 radical (unpaired) electrons. The van der Waals surface area contributed by atoms with Crippen LogP contribution >= 0.6 is 0 Å². The van der Waals surface area contributed by atoms with E-state index >= 15 is 0 Å². The standard InChI is InChI=1S/C15H24N4O2/c1-2-9-19(10-8-12-6-4-3-5-7-12)14(20)11-13-16-15(21)18-17-13/h6H,2-5,7-11H2,1H3,(H2,16,17,18,21). The molecule has 0 spiro atoms. The average molecular weight is 292 g/mol. The lowest BCUT2D eigenvalue weighted by atomic mass is 9.97. The van der Waals surface area contributed by atoms with Gasteiger partial charge in [-0.1, -0.05) is 18.6 Å². The van der Waals surface area contributed by atoms with Gasteiger partial charge >= 0.3 is 5.69 Å². The number of nitrogens with zero attached hydrogens (tertiary/aromatic N) is 2. The largest absolute Gasteiger partial charge is 0.342 e. The number of carbonyl (C=O) groups is 1. The lowest BCUT2D eigenvalue weighted by Crippen LogP contribution is -2.34. The molecule has 0 aliphatic heterocycles. The van der Waals surface area contributed by atoms with Gasteiger partial charge in [-0.25, -0.2) is 9.89 Å². The number of aromatic nitrogens is 3. The molecule has 6 nitrogen and oxygen atoms in total. The van der Waals surface area contributed by atoms with E-state index in [1.54, 1.807) is 0 Å². The van der Waals surface area contributed by atoms with E-state index in [0.29, 0.717) is 5.82 Å². The molecule has 1 heterocycles. The fourth-order valence-corrected chi connectivity index (χ4v) is 2.69. The predicted molar refractivity (Wildman–Crippen MR) is 81.0 cm³/mol. The maximum absolute atomic E-state index is 12.3. The molecule has 1 aliphatic carbocycles. The lowest BCUT2D eigenvalue weighted by molar-refractivity contribution is -0.130. The highest BCUT2D eigenvalue weighted by atomic mass is 16.2. The molecule has 0 fully saturated rings. The van der Waals surface area contributed by atoms with Crippen LogP contribution in [0.15, 0.2) is 16.4 Å². The Balaban J connectivity index is 1.89. The molecule has 2 N–H and O–H groups in total. The predicted octanol–water partition coefficient (Wildman–Crippen LogP) is 1.77. The van der Waals surface area contributed by atoms with Crippen LogP contribution in [0.1, 0.15) is 51.3 Å². The maximum Gasteiger partial charge on any atom is 0.340 e. The van der Waals surface area contributed by atoms with E-state index in [2.05, 4.69) is 28.2 Å². The topological polar surface area (TPSA) is 81.8 Å². The summed E-state index contributed by atoms with van der Waals surface area (Å²) in [5.41, 5.74) is 1.11. The van der Waals surface area contributed by atoms with Gasteiger partial charge in [0.25, 0.3) is 0 Å². The Labute approximate surface area is 124 Å². The van der Waals surface area contributed by atoms with Gasteiger partial charge in [-0.15, -0.1) is 0 Å². The van der Waals surface area contributed by atoms with Gasteiger partial charge in [0.1, 0.15) is 5.82 Å². The van der Waals surface area contributed by atoms with E-state index in [9.17, 15) is 9.59 Å². The van der Waals surface area contributed by atoms with Crippen LogP contribution in [0.5, 0.6) is 0 Å². The van der Waals surface area contributed by atoms with Crippen molar-refractivity contribution in [1.82, 2.24) is 20.1 Å². The number of rotatable bonds is 7. The first-order valence-corrected chi connectivity index (χ1v) is 7.78. The highest BCUT2D eigenvalue weighted by Gasteiger charge is 2.16. The molecule has 2 rings (SSSR count). The molecule has 116 valence electrons. The maximum atomic E-state index is 12.3. The number of hydrogen-bond acceptors (Lipinski definition) is 3. The van der Waals surface area contributed by atoms with Crippen molar-refractivity contribution in [2.24, 2.45) is 0 Å². The second-order valence-corrected chi connectivity index (χ2v) is 5.54. The highest BCUT2D eigenvalue weighted by Crippen LogP contribution is 2.20. The molecule has 0 unspecified atom stereocenters. The van der Waals surface area contributed by atoms with E-state index < -0.39 is 0 Å². The summed E-state index contributed by atoms with van der Waals surface area (Å²) < 4.78 is 0. The zero-order valence-corrected chi connectivity index (χ0v) is 12.7. The molecule has 1 aliphatic rings. The Morgan fingerprint density at radius 2 is 2.24 bits per heavy atom. The van der Waals surface area contributed by atoms with Crippen molar-refractivity contribution >= 4 is 5.91 Å². The number of H-pyrrole nitrogens is 2. The van der Waals surface area contributed by atoms with Crippen molar-refractivity contribution in [3.8, 4) is 0 Å². The van der Waals surface area contributed by atoms with Crippen LogP contribution in [-0.2, 0) is 11.2 Å². The summed E-state index contributed by atoms with van der Waals surface area (Å²) in [5.74, 6) is 0.430. The monoisotopic (exact) mass is 292 g/mol. The summed E-state index contributed by atoms with van der Waals surface area (Å²) in [7, 11) is 0. The third kappa shape index (κ3) is 4.88. The van der Waals surface area contributed by atoms with Crippen molar-refractivity contribution in [2.45, 2.75) is 51.9 Å². The average Bonchev–Trinajstić information content (AvgIpc) is 2.89. The van der Waals surface area contributed by atoms with Gasteiger partial charge in [0.05, 0.1) is 6.42 Å². The van der Waals surface area contributed by atoms with Gasteiger partial charge in [0.2, 0.25) is 5.91 Å². The Kier molecular flexibility index (Phi) is 5.78. The summed E-state index contributed by atoms with van der Waals surface area (Å²) >= 11 is 0. The zero-order valence-electron chi connectivity index (χ0n) is 12.7. The lowest BCUT2D eigenvalue weighted by Gasteiger charge is -2.23. The minimum absolute atomic E-state index is 0.0241. The first-order valence-electron chi connectivity index (χ1n) is 7.78. The molecule has 1 amide bonds. The van der Waals surface area contributed by atoms with E-state index in [-0.39, 0.29) is 18.0 Å².